The van der Waals surface area contributed by atoms with Crippen LogP contribution < -0.4 is 0 Å². The number of amides is 1. The van der Waals surface area contributed by atoms with E-state index in [1.807, 2.05) is 29.8 Å². The predicted octanol–water partition coefficient (Wildman–Crippen LogP) is 5.81. The van der Waals surface area contributed by atoms with Crippen LogP contribution in [0.25, 0.3) is 21.3 Å². The number of nitrogens with zero attached hydrogens (tertiary/aromatic N) is 2. The van der Waals surface area contributed by atoms with Crippen LogP contribution >= 0.6 is 11.3 Å². The fourth-order valence-corrected chi connectivity index (χ4v) is 4.91. The molecule has 0 unspecified atom stereocenters. The summed E-state index contributed by atoms with van der Waals surface area (Å²) in [7, 11) is 0. The first-order chi connectivity index (χ1) is 17.3. The van der Waals surface area contributed by atoms with Crippen LogP contribution in [0.3, 0.4) is 0 Å². The van der Waals surface area contributed by atoms with Crippen LogP contribution in [0.4, 0.5) is 9.59 Å². The predicted molar refractivity (Wildman–Crippen MR) is 143 cm³/mol. The van der Waals surface area contributed by atoms with E-state index < -0.39 is 41.7 Å². The molecule has 0 radical (unpaired) electrons. The Morgan fingerprint density at radius 3 is 2.30 bits per heavy atom. The van der Waals surface area contributed by atoms with Crippen LogP contribution in [0.2, 0.25) is 0 Å². The van der Waals surface area contributed by atoms with E-state index in [2.05, 4.69) is 23.2 Å². The van der Waals surface area contributed by atoms with Crippen molar-refractivity contribution < 1.29 is 28.9 Å². The van der Waals surface area contributed by atoms with Crippen molar-refractivity contribution in [3.63, 3.8) is 0 Å². The van der Waals surface area contributed by atoms with Gasteiger partial charge in [-0.15, -0.1) is 11.3 Å². The number of hydrogen-bond donors (Lipinski definition) is 1. The highest BCUT2D eigenvalue weighted by Gasteiger charge is 2.47. The summed E-state index contributed by atoms with van der Waals surface area (Å²) in [6.07, 6.45) is -3.13. The van der Waals surface area contributed by atoms with Crippen LogP contribution in [-0.4, -0.2) is 63.2 Å². The first-order valence-corrected chi connectivity index (χ1v) is 13.2. The minimum atomic E-state index is -1.10. The van der Waals surface area contributed by atoms with Crippen LogP contribution in [0.15, 0.2) is 48.0 Å². The van der Waals surface area contributed by atoms with Crippen molar-refractivity contribution in [3.05, 3.63) is 53.5 Å². The summed E-state index contributed by atoms with van der Waals surface area (Å²) in [5.41, 5.74) is 4.38. The standard InChI is InChI=1S/C28H34N2O6S/c1-27(2,3)35-25(32)30-15-22(34-26(33)36-28(4,5)6)24(31)21(30)13-17-7-9-18(10-8-17)19-11-12-23-20(14-19)29-16-37-23/h7-12,14,16,21-22,24,31H,13,15H2,1-6H3/t21-,22+,24+/m1/s1. The van der Waals surface area contributed by atoms with E-state index in [9.17, 15) is 14.7 Å². The van der Waals surface area contributed by atoms with Crippen LogP contribution in [0.5, 0.6) is 0 Å². The summed E-state index contributed by atoms with van der Waals surface area (Å²) in [6.45, 7) is 10.5. The molecule has 2 heterocycles. The second-order valence-electron chi connectivity index (χ2n) is 11.2. The van der Waals surface area contributed by atoms with Crippen molar-refractivity contribution >= 4 is 33.8 Å². The molecule has 1 fully saturated rings. The molecule has 3 aromatic rings. The number of carbonyl (C=O) groups excluding carboxylic acids is 2. The van der Waals surface area contributed by atoms with Crippen molar-refractivity contribution in [1.29, 1.82) is 0 Å². The molecular formula is C28H34N2O6S. The summed E-state index contributed by atoms with van der Waals surface area (Å²) in [4.78, 5) is 31.1. The molecule has 37 heavy (non-hydrogen) atoms. The summed E-state index contributed by atoms with van der Waals surface area (Å²) in [5, 5.41) is 11.1. The summed E-state index contributed by atoms with van der Waals surface area (Å²) in [6, 6.07) is 13.5. The third kappa shape index (κ3) is 6.78. The molecule has 198 valence electrons. The maximum atomic E-state index is 13.0. The van der Waals surface area contributed by atoms with E-state index in [4.69, 9.17) is 14.2 Å². The first kappa shape index (κ1) is 26.9. The number of aliphatic hydroxyl groups excluding tert-OH is 1. The van der Waals surface area contributed by atoms with Gasteiger partial charge in [-0.25, -0.2) is 14.6 Å². The number of ether oxygens (including phenoxy) is 3. The van der Waals surface area contributed by atoms with Gasteiger partial charge in [0.25, 0.3) is 0 Å². The molecule has 1 aliphatic rings. The van der Waals surface area contributed by atoms with Gasteiger partial charge in [-0.05, 0) is 76.8 Å². The normalized spacial score (nSPS) is 20.2. The van der Waals surface area contributed by atoms with E-state index >= 15 is 0 Å². The third-order valence-electron chi connectivity index (χ3n) is 5.88. The van der Waals surface area contributed by atoms with E-state index in [0.29, 0.717) is 6.42 Å². The van der Waals surface area contributed by atoms with E-state index in [-0.39, 0.29) is 6.54 Å². The van der Waals surface area contributed by atoms with Gasteiger partial charge in [0.1, 0.15) is 17.3 Å². The van der Waals surface area contributed by atoms with Gasteiger partial charge in [0.05, 0.1) is 28.3 Å². The quantitative estimate of drug-likeness (QED) is 0.429. The molecule has 9 heteroatoms. The lowest BCUT2D eigenvalue weighted by Crippen LogP contribution is -2.43. The van der Waals surface area contributed by atoms with Crippen molar-refractivity contribution in [3.8, 4) is 11.1 Å². The van der Waals surface area contributed by atoms with E-state index in [1.165, 1.54) is 4.90 Å². The van der Waals surface area contributed by atoms with E-state index in [1.54, 1.807) is 52.9 Å². The third-order valence-corrected chi connectivity index (χ3v) is 6.69. The van der Waals surface area contributed by atoms with Gasteiger partial charge < -0.3 is 19.3 Å². The molecule has 0 saturated carbocycles. The molecule has 4 rings (SSSR count). The number of fused-ring (bicyclic) bond motifs is 1. The number of benzene rings is 2. The average Bonchev–Trinajstić information content (AvgIpc) is 3.37. The molecule has 1 aromatic heterocycles. The monoisotopic (exact) mass is 526 g/mol. The van der Waals surface area contributed by atoms with Crippen LogP contribution in [-0.2, 0) is 20.6 Å². The lowest BCUT2D eigenvalue weighted by atomic mass is 9.98. The molecule has 8 nitrogen and oxygen atoms in total. The molecular weight excluding hydrogens is 492 g/mol. The summed E-state index contributed by atoms with van der Waals surface area (Å²) < 4.78 is 17.4. The smallest absolute Gasteiger partial charge is 0.444 e. The highest BCUT2D eigenvalue weighted by Crippen LogP contribution is 2.29. The fraction of sp³-hybridized carbons (Fsp3) is 0.464. The van der Waals surface area contributed by atoms with Gasteiger partial charge in [0.15, 0.2) is 6.10 Å². The van der Waals surface area contributed by atoms with Gasteiger partial charge in [-0.2, -0.15) is 0 Å². The topological polar surface area (TPSA) is 98.2 Å². The van der Waals surface area contributed by atoms with Gasteiger partial charge >= 0.3 is 12.2 Å². The van der Waals surface area contributed by atoms with Crippen molar-refractivity contribution in [1.82, 2.24) is 9.88 Å². The maximum Gasteiger partial charge on any atom is 0.509 e. The number of carbonyl (C=O) groups is 2. The highest BCUT2D eigenvalue weighted by molar-refractivity contribution is 7.16. The molecule has 0 bridgehead atoms. The summed E-state index contributed by atoms with van der Waals surface area (Å²) in [5.74, 6) is 0. The molecule has 0 spiro atoms. The number of thiazole rings is 1. The minimum Gasteiger partial charge on any atom is -0.444 e. The van der Waals surface area contributed by atoms with Crippen molar-refractivity contribution in [2.24, 2.45) is 0 Å². The highest BCUT2D eigenvalue weighted by atomic mass is 32.1. The molecule has 1 amide bonds. The lowest BCUT2D eigenvalue weighted by Gasteiger charge is -2.29. The number of aromatic nitrogens is 1. The molecule has 1 saturated heterocycles. The van der Waals surface area contributed by atoms with Crippen LogP contribution in [0, 0.1) is 0 Å². The molecule has 3 atom stereocenters. The average molecular weight is 527 g/mol. The molecule has 2 aromatic carbocycles. The lowest BCUT2D eigenvalue weighted by molar-refractivity contribution is -0.0486. The summed E-state index contributed by atoms with van der Waals surface area (Å²) >= 11 is 1.61. The Morgan fingerprint density at radius 1 is 1.00 bits per heavy atom. The Morgan fingerprint density at radius 2 is 1.65 bits per heavy atom. The Hall–Kier alpha value is -3.17. The Balaban J connectivity index is 1.52. The number of rotatable bonds is 4. The number of aliphatic hydroxyl groups is 1. The Kier molecular flexibility index (Phi) is 7.48. The van der Waals surface area contributed by atoms with Crippen LogP contribution in [0.1, 0.15) is 47.1 Å². The molecule has 1 N–H and O–H groups in total. The second kappa shape index (κ2) is 10.3. The Bertz CT molecular complexity index is 1260. The maximum absolute atomic E-state index is 13.0. The zero-order chi connectivity index (χ0) is 27.0. The zero-order valence-corrected chi connectivity index (χ0v) is 22.9. The van der Waals surface area contributed by atoms with Gasteiger partial charge in [-0.3, -0.25) is 4.90 Å². The molecule has 0 aliphatic carbocycles. The van der Waals surface area contributed by atoms with E-state index in [0.717, 1.165) is 26.9 Å². The van der Waals surface area contributed by atoms with Gasteiger partial charge in [0.2, 0.25) is 0 Å². The number of hydrogen-bond acceptors (Lipinski definition) is 8. The number of likely N-dealkylation sites (tertiary alicyclic amines) is 1. The zero-order valence-electron chi connectivity index (χ0n) is 22.1. The SMILES string of the molecule is CC(C)(C)OC(=O)O[C@H]1CN(C(=O)OC(C)(C)C)[C@H](Cc2ccc(-c3ccc4scnc4c3)cc2)[C@@H]1O. The Labute approximate surface area is 221 Å². The fourth-order valence-electron chi connectivity index (χ4n) is 4.25. The molecule has 1 aliphatic heterocycles. The minimum absolute atomic E-state index is 0.00568. The van der Waals surface area contributed by atoms with Gasteiger partial charge in [0, 0.05) is 0 Å². The van der Waals surface area contributed by atoms with Crippen molar-refractivity contribution in [2.45, 2.75) is 77.4 Å². The second-order valence-corrected chi connectivity index (χ2v) is 12.1. The van der Waals surface area contributed by atoms with Crippen molar-refractivity contribution in [2.75, 3.05) is 6.54 Å². The largest absolute Gasteiger partial charge is 0.509 e. The first-order valence-electron chi connectivity index (χ1n) is 12.3. The van der Waals surface area contributed by atoms with Gasteiger partial charge in [-0.1, -0.05) is 30.3 Å².